The average Bonchev–Trinajstić information content (AvgIpc) is 3.90. The lowest BCUT2D eigenvalue weighted by Gasteiger charge is -2.41. The predicted octanol–water partition coefficient (Wildman–Crippen LogP) is 14.9. The molecule has 3 heterocycles. The minimum absolute atomic E-state index is 0.442. The molecule has 0 bridgehead atoms. The van der Waals surface area contributed by atoms with Gasteiger partial charge in [-0.15, -0.1) is 11.3 Å². The number of fused-ring (bicyclic) bond motifs is 16. The van der Waals surface area contributed by atoms with E-state index in [0.717, 1.165) is 45.3 Å². The van der Waals surface area contributed by atoms with E-state index in [9.17, 15) is 0 Å². The summed E-state index contributed by atoms with van der Waals surface area (Å²) in [5.41, 5.74) is 16.2. The minimum Gasteiger partial charge on any atom is -0.247 e. The molecule has 12 aromatic rings. The van der Waals surface area contributed by atoms with Crippen molar-refractivity contribution < 1.29 is 0 Å². The number of pyridine rings is 1. The van der Waals surface area contributed by atoms with E-state index in [-0.39, 0.29) is 0 Å². The molecule has 0 saturated carbocycles. The summed E-state index contributed by atoms with van der Waals surface area (Å²) >= 11 is 1.78. The third-order valence-electron chi connectivity index (χ3n) is 13.8. The van der Waals surface area contributed by atoms with Gasteiger partial charge < -0.3 is 0 Å². The Kier molecular flexibility index (Phi) is 7.80. The van der Waals surface area contributed by atoms with Crippen molar-refractivity contribution >= 4 is 53.2 Å². The molecule has 0 amide bonds. The largest absolute Gasteiger partial charge is 0.247 e. The molecular formula is C60H36N4S. The molecule has 3 aromatic heterocycles. The second kappa shape index (κ2) is 13.9. The molecule has 302 valence electrons. The third kappa shape index (κ3) is 5.24. The maximum absolute atomic E-state index is 5.44. The lowest BCUT2D eigenvalue weighted by molar-refractivity contribution is 0.725. The van der Waals surface area contributed by atoms with Gasteiger partial charge in [-0.1, -0.05) is 188 Å². The summed E-state index contributed by atoms with van der Waals surface area (Å²) in [6.45, 7) is 0. The maximum atomic E-state index is 5.44. The first-order valence-corrected chi connectivity index (χ1v) is 23.0. The van der Waals surface area contributed by atoms with Gasteiger partial charge in [0.05, 0.1) is 16.6 Å². The van der Waals surface area contributed by atoms with Gasteiger partial charge in [-0.3, -0.25) is 0 Å². The van der Waals surface area contributed by atoms with Crippen LogP contribution >= 0.6 is 11.3 Å². The molecular weight excluding hydrogens is 809 g/mol. The normalized spacial score (nSPS) is 13.3. The molecule has 2 aliphatic rings. The Morgan fingerprint density at radius 3 is 1.74 bits per heavy atom. The van der Waals surface area contributed by atoms with Gasteiger partial charge in [-0.2, -0.15) is 0 Å². The Morgan fingerprint density at radius 1 is 0.369 bits per heavy atom. The van der Waals surface area contributed by atoms with Crippen LogP contribution in [0.25, 0.3) is 98.4 Å². The maximum Gasteiger partial charge on any atom is 0.165 e. The Balaban J connectivity index is 0.955. The molecule has 9 aromatic carbocycles. The molecule has 0 aliphatic heterocycles. The highest BCUT2D eigenvalue weighted by atomic mass is 32.1. The Hall–Kier alpha value is -8.12. The molecule has 0 saturated heterocycles. The second-order valence-electron chi connectivity index (χ2n) is 17.2. The molecule has 0 radical (unpaired) electrons. The number of nitrogens with zero attached hydrogens (tertiary/aromatic N) is 4. The van der Waals surface area contributed by atoms with E-state index in [0.29, 0.717) is 17.5 Å². The Bertz CT molecular complexity index is 3880. The zero-order valence-electron chi connectivity index (χ0n) is 35.0. The van der Waals surface area contributed by atoms with Crippen LogP contribution in [0.3, 0.4) is 0 Å². The second-order valence-corrected chi connectivity index (χ2v) is 18.2. The summed E-state index contributed by atoms with van der Waals surface area (Å²) in [5, 5.41) is 6.05. The molecule has 0 fully saturated rings. The van der Waals surface area contributed by atoms with Crippen LogP contribution < -0.4 is 0 Å². The highest BCUT2D eigenvalue weighted by molar-refractivity contribution is 7.26. The van der Waals surface area contributed by atoms with Crippen LogP contribution in [0, 0.1) is 0 Å². The first-order chi connectivity index (χ1) is 32.2. The number of para-hydroxylation sites is 1. The van der Waals surface area contributed by atoms with Crippen molar-refractivity contribution in [1.82, 2.24) is 19.9 Å². The van der Waals surface area contributed by atoms with Crippen LogP contribution in [-0.2, 0) is 11.8 Å². The van der Waals surface area contributed by atoms with E-state index in [1.807, 2.05) is 18.2 Å². The number of benzene rings is 9. The van der Waals surface area contributed by atoms with Crippen LogP contribution in [0.1, 0.15) is 33.4 Å². The molecule has 14 rings (SSSR count). The zero-order chi connectivity index (χ0) is 42.6. The summed E-state index contributed by atoms with van der Waals surface area (Å²) in [4.78, 5) is 20.9. The van der Waals surface area contributed by atoms with Gasteiger partial charge in [0.25, 0.3) is 0 Å². The number of aromatic nitrogens is 4. The first kappa shape index (κ1) is 36.4. The molecule has 0 N–H and O–H groups in total. The molecule has 1 spiro atoms. The monoisotopic (exact) mass is 844 g/mol. The SMILES string of the molecule is c1ccc(-c2nc(-c3ccc(-c4nc5ccccc5c5c6c(ccc45)C4(c5ccccc5C6)c5ccccc5-c5ccccc54)cc3)nc(-c3cccc4c3sc3ccccc34)n2)cc1. The predicted molar refractivity (Wildman–Crippen MR) is 267 cm³/mol. The quantitative estimate of drug-likeness (QED) is 0.166. The fourth-order valence-electron chi connectivity index (χ4n) is 11.1. The zero-order valence-corrected chi connectivity index (χ0v) is 35.9. The Labute approximate surface area is 379 Å². The van der Waals surface area contributed by atoms with Crippen LogP contribution in [0.15, 0.2) is 206 Å². The summed E-state index contributed by atoms with van der Waals surface area (Å²) in [7, 11) is 0. The van der Waals surface area contributed by atoms with Gasteiger partial charge in [-0.25, -0.2) is 19.9 Å². The number of hydrogen-bond acceptors (Lipinski definition) is 5. The lowest BCUT2D eigenvalue weighted by Crippen LogP contribution is -2.34. The first-order valence-electron chi connectivity index (χ1n) is 22.2. The molecule has 4 nitrogen and oxygen atoms in total. The van der Waals surface area contributed by atoms with E-state index in [1.165, 1.54) is 75.5 Å². The standard InChI is InChI=1S/C60H36N4S/c1-2-15-37(16-3-1)57-62-58(64-59(63-57)46-23-14-22-43-42-20-8-13-28-53(42)65-56(43)46)38-31-29-36(30-32-38)55-45-33-34-51-47(54(45)44-21-7-12-27-52(44)61-55)35-39-17-4-9-24-48(39)60(51)49-25-10-5-18-40(49)41-19-6-11-26-50(41)60/h1-34H,35H2. The molecule has 0 unspecified atom stereocenters. The van der Waals surface area contributed by atoms with E-state index < -0.39 is 5.41 Å². The van der Waals surface area contributed by atoms with Crippen molar-refractivity contribution in [3.63, 3.8) is 0 Å². The van der Waals surface area contributed by atoms with Gasteiger partial charge in [0.2, 0.25) is 0 Å². The van der Waals surface area contributed by atoms with E-state index >= 15 is 0 Å². The third-order valence-corrected chi connectivity index (χ3v) is 15.1. The van der Waals surface area contributed by atoms with Crippen molar-refractivity contribution in [3.05, 3.63) is 240 Å². The van der Waals surface area contributed by atoms with E-state index in [1.54, 1.807) is 11.3 Å². The summed E-state index contributed by atoms with van der Waals surface area (Å²) < 4.78 is 2.42. The highest BCUT2D eigenvalue weighted by Gasteiger charge is 2.50. The molecule has 2 aliphatic carbocycles. The molecule has 5 heteroatoms. The average molecular weight is 845 g/mol. The van der Waals surface area contributed by atoms with Gasteiger partial charge in [0, 0.05) is 53.2 Å². The highest BCUT2D eigenvalue weighted by Crippen LogP contribution is 2.60. The van der Waals surface area contributed by atoms with Gasteiger partial charge in [0.15, 0.2) is 17.5 Å². The Morgan fingerprint density at radius 2 is 0.954 bits per heavy atom. The van der Waals surface area contributed by atoms with E-state index in [4.69, 9.17) is 19.9 Å². The number of rotatable bonds is 4. The fourth-order valence-corrected chi connectivity index (χ4v) is 12.3. The van der Waals surface area contributed by atoms with Crippen molar-refractivity contribution in [2.45, 2.75) is 11.8 Å². The summed E-state index contributed by atoms with van der Waals surface area (Å²) in [6, 6.07) is 74.5. The fraction of sp³-hybridized carbons (Fsp3) is 0.0333. The van der Waals surface area contributed by atoms with Gasteiger partial charge >= 0.3 is 0 Å². The number of thiophene rings is 1. The van der Waals surface area contributed by atoms with Crippen molar-refractivity contribution in [2.75, 3.05) is 0 Å². The topological polar surface area (TPSA) is 51.6 Å². The van der Waals surface area contributed by atoms with Crippen LogP contribution in [-0.4, -0.2) is 19.9 Å². The van der Waals surface area contributed by atoms with Crippen molar-refractivity contribution in [3.8, 4) is 56.5 Å². The smallest absolute Gasteiger partial charge is 0.165 e. The lowest BCUT2D eigenvalue weighted by atomic mass is 9.61. The summed E-state index contributed by atoms with van der Waals surface area (Å²) in [6.07, 6.45) is 0.835. The van der Waals surface area contributed by atoms with Crippen LogP contribution in [0.2, 0.25) is 0 Å². The van der Waals surface area contributed by atoms with Gasteiger partial charge in [-0.05, 0) is 74.5 Å². The van der Waals surface area contributed by atoms with Crippen molar-refractivity contribution in [2.24, 2.45) is 0 Å². The number of hydrogen-bond donors (Lipinski definition) is 0. The minimum atomic E-state index is -0.442. The van der Waals surface area contributed by atoms with Crippen LogP contribution in [0.5, 0.6) is 0 Å². The molecule has 65 heavy (non-hydrogen) atoms. The van der Waals surface area contributed by atoms with E-state index in [2.05, 4.69) is 188 Å². The van der Waals surface area contributed by atoms with Crippen molar-refractivity contribution in [1.29, 1.82) is 0 Å². The summed E-state index contributed by atoms with van der Waals surface area (Å²) in [5.74, 6) is 1.94. The molecule has 0 atom stereocenters. The van der Waals surface area contributed by atoms with Gasteiger partial charge in [0.1, 0.15) is 0 Å². The van der Waals surface area contributed by atoms with Crippen LogP contribution in [0.4, 0.5) is 0 Å².